The molecule has 5 heteroatoms. The molecule has 1 aliphatic heterocycles. The zero-order chi connectivity index (χ0) is 18.0. The van der Waals surface area contributed by atoms with E-state index in [0.717, 1.165) is 11.1 Å². The average Bonchev–Trinajstić information content (AvgIpc) is 2.65. The normalized spacial score (nSPS) is 22.8. The van der Waals surface area contributed by atoms with E-state index in [9.17, 15) is 9.59 Å². The summed E-state index contributed by atoms with van der Waals surface area (Å²) < 4.78 is 4.98. The number of benzene rings is 2. The van der Waals surface area contributed by atoms with Crippen LogP contribution in [-0.2, 0) is 14.3 Å². The van der Waals surface area contributed by atoms with Crippen LogP contribution < -0.4 is 0 Å². The van der Waals surface area contributed by atoms with Gasteiger partial charge in [-0.05, 0) is 17.2 Å². The van der Waals surface area contributed by atoms with Crippen molar-refractivity contribution in [2.45, 2.75) is 6.04 Å². The van der Waals surface area contributed by atoms with E-state index in [4.69, 9.17) is 16.3 Å². The van der Waals surface area contributed by atoms with Gasteiger partial charge in [-0.25, -0.2) is 0 Å². The Morgan fingerprint density at radius 2 is 1.80 bits per heavy atom. The van der Waals surface area contributed by atoms with Crippen molar-refractivity contribution in [1.29, 1.82) is 0 Å². The molecule has 1 saturated heterocycles. The molecule has 3 rings (SSSR count). The highest BCUT2D eigenvalue weighted by atomic mass is 35.5. The van der Waals surface area contributed by atoms with Crippen LogP contribution in [0.2, 0.25) is 5.02 Å². The lowest BCUT2D eigenvalue weighted by Gasteiger charge is -2.51. The number of methoxy groups -OCH3 is 1. The van der Waals surface area contributed by atoms with Gasteiger partial charge in [0.25, 0.3) is 0 Å². The van der Waals surface area contributed by atoms with Crippen LogP contribution in [0.25, 0.3) is 6.08 Å². The van der Waals surface area contributed by atoms with E-state index in [1.54, 1.807) is 25.3 Å². The Labute approximate surface area is 151 Å². The van der Waals surface area contributed by atoms with E-state index in [0.29, 0.717) is 5.02 Å². The summed E-state index contributed by atoms with van der Waals surface area (Å²) in [6, 6.07) is 16.2. The third-order valence-corrected chi connectivity index (χ3v) is 4.90. The molecule has 2 atom stereocenters. The number of ether oxygens (including phenoxy) is 1. The van der Waals surface area contributed by atoms with Gasteiger partial charge in [0, 0.05) is 12.1 Å². The quantitative estimate of drug-likeness (QED) is 0.477. The van der Waals surface area contributed by atoms with Crippen LogP contribution in [0.1, 0.15) is 17.2 Å². The van der Waals surface area contributed by atoms with Crippen LogP contribution in [0.3, 0.4) is 0 Å². The first kappa shape index (κ1) is 17.2. The Kier molecular flexibility index (Phi) is 4.64. The van der Waals surface area contributed by atoms with Crippen LogP contribution >= 0.6 is 11.6 Å². The maximum absolute atomic E-state index is 12.7. The second-order valence-corrected chi connectivity index (χ2v) is 6.35. The van der Waals surface area contributed by atoms with Crippen LogP contribution in [0.5, 0.6) is 0 Å². The van der Waals surface area contributed by atoms with Crippen molar-refractivity contribution in [2.75, 3.05) is 14.2 Å². The lowest BCUT2D eigenvalue weighted by molar-refractivity contribution is -0.180. The summed E-state index contributed by atoms with van der Waals surface area (Å²) in [6.45, 7) is 0. The highest BCUT2D eigenvalue weighted by molar-refractivity contribution is 6.31. The van der Waals surface area contributed by atoms with Crippen LogP contribution in [0.4, 0.5) is 0 Å². The molecule has 0 bridgehead atoms. The summed E-state index contributed by atoms with van der Waals surface area (Å²) in [5, 5.41) is 0.508. The number of esters is 1. The SMILES string of the molecule is COC(=O)[C@]1(/C=C/c2ccccc2)C(=O)N(C)[C@@H]1c1ccccc1Cl. The molecule has 4 nitrogen and oxygen atoms in total. The van der Waals surface area contributed by atoms with Crippen molar-refractivity contribution in [1.82, 2.24) is 4.90 Å². The van der Waals surface area contributed by atoms with Crippen molar-refractivity contribution in [3.8, 4) is 0 Å². The second kappa shape index (κ2) is 6.73. The Balaban J connectivity index is 2.10. The van der Waals surface area contributed by atoms with Gasteiger partial charge in [0.05, 0.1) is 13.2 Å². The molecule has 1 aliphatic rings. The number of β-lactam (4-membered cyclic amide) rings is 1. The van der Waals surface area contributed by atoms with Gasteiger partial charge in [0.15, 0.2) is 5.41 Å². The summed E-state index contributed by atoms with van der Waals surface area (Å²) in [4.78, 5) is 26.9. The monoisotopic (exact) mass is 355 g/mol. The van der Waals surface area contributed by atoms with Crippen LogP contribution in [-0.4, -0.2) is 30.9 Å². The first-order valence-electron chi connectivity index (χ1n) is 7.86. The predicted molar refractivity (Wildman–Crippen MR) is 96.9 cm³/mol. The van der Waals surface area contributed by atoms with E-state index < -0.39 is 17.4 Å². The van der Waals surface area contributed by atoms with Gasteiger partial charge < -0.3 is 9.64 Å². The molecule has 1 fully saturated rings. The highest BCUT2D eigenvalue weighted by Crippen LogP contribution is 2.52. The van der Waals surface area contributed by atoms with Gasteiger partial charge in [-0.3, -0.25) is 9.59 Å². The second-order valence-electron chi connectivity index (χ2n) is 5.94. The molecule has 128 valence electrons. The molecule has 2 aromatic carbocycles. The third-order valence-electron chi connectivity index (χ3n) is 4.55. The van der Waals surface area contributed by atoms with Gasteiger partial charge in [0.1, 0.15) is 0 Å². The zero-order valence-electron chi connectivity index (χ0n) is 14.0. The largest absolute Gasteiger partial charge is 0.468 e. The molecular weight excluding hydrogens is 338 g/mol. The number of halogens is 1. The molecule has 2 aromatic rings. The van der Waals surface area contributed by atoms with E-state index in [1.165, 1.54) is 12.0 Å². The van der Waals surface area contributed by atoms with Crippen molar-refractivity contribution < 1.29 is 14.3 Å². The van der Waals surface area contributed by atoms with Gasteiger partial charge in [-0.15, -0.1) is 0 Å². The molecule has 1 heterocycles. The number of nitrogens with zero attached hydrogens (tertiary/aromatic N) is 1. The summed E-state index contributed by atoms with van der Waals surface area (Å²) in [7, 11) is 2.95. The lowest BCUT2D eigenvalue weighted by Crippen LogP contribution is -2.64. The Morgan fingerprint density at radius 3 is 2.44 bits per heavy atom. The number of amides is 1. The fourth-order valence-electron chi connectivity index (χ4n) is 3.31. The maximum Gasteiger partial charge on any atom is 0.327 e. The first-order valence-corrected chi connectivity index (χ1v) is 8.24. The standard InChI is InChI=1S/C20H18ClNO3/c1-22-17(15-10-6-7-11-16(15)21)20(18(22)23,19(24)25-2)13-12-14-8-4-3-5-9-14/h3-13,17H,1-2H3/b13-12+/t17-,20+/m1/s1. The fraction of sp³-hybridized carbons (Fsp3) is 0.200. The molecule has 25 heavy (non-hydrogen) atoms. The minimum Gasteiger partial charge on any atom is -0.468 e. The van der Waals surface area contributed by atoms with Crippen molar-refractivity contribution in [3.05, 3.63) is 76.8 Å². The molecule has 0 saturated carbocycles. The first-order chi connectivity index (χ1) is 12.0. The molecule has 0 aromatic heterocycles. The Hall–Kier alpha value is -2.59. The topological polar surface area (TPSA) is 46.6 Å². The van der Waals surface area contributed by atoms with E-state index in [1.807, 2.05) is 48.5 Å². The van der Waals surface area contributed by atoms with E-state index >= 15 is 0 Å². The van der Waals surface area contributed by atoms with Gasteiger partial charge in [-0.2, -0.15) is 0 Å². The van der Waals surface area contributed by atoms with Crippen molar-refractivity contribution >= 4 is 29.6 Å². The molecule has 0 aliphatic carbocycles. The molecule has 0 radical (unpaired) electrons. The summed E-state index contributed by atoms with van der Waals surface area (Å²) in [5.74, 6) is -0.899. The third kappa shape index (κ3) is 2.72. The summed E-state index contributed by atoms with van der Waals surface area (Å²) >= 11 is 6.32. The molecule has 1 amide bonds. The smallest absolute Gasteiger partial charge is 0.327 e. The maximum atomic E-state index is 12.7. The Bertz CT molecular complexity index is 824. The zero-order valence-corrected chi connectivity index (χ0v) is 14.7. The van der Waals surface area contributed by atoms with Gasteiger partial charge in [-0.1, -0.05) is 72.3 Å². The number of hydrogen-bond donors (Lipinski definition) is 0. The number of carbonyl (C=O) groups is 2. The molecule has 0 N–H and O–H groups in total. The fourth-order valence-corrected chi connectivity index (χ4v) is 3.55. The highest BCUT2D eigenvalue weighted by Gasteiger charge is 2.64. The van der Waals surface area contributed by atoms with E-state index in [2.05, 4.69) is 0 Å². The van der Waals surface area contributed by atoms with Crippen molar-refractivity contribution in [2.24, 2.45) is 5.41 Å². The average molecular weight is 356 g/mol. The number of rotatable bonds is 4. The molecular formula is C20H18ClNO3. The number of likely N-dealkylation sites (tertiary alicyclic amines) is 1. The van der Waals surface area contributed by atoms with Crippen LogP contribution in [0.15, 0.2) is 60.7 Å². The van der Waals surface area contributed by atoms with Gasteiger partial charge in [0.2, 0.25) is 5.91 Å². The van der Waals surface area contributed by atoms with E-state index in [-0.39, 0.29) is 5.91 Å². The number of carbonyl (C=O) groups excluding carboxylic acids is 2. The Morgan fingerprint density at radius 1 is 1.16 bits per heavy atom. The number of hydrogen-bond acceptors (Lipinski definition) is 3. The minimum absolute atomic E-state index is 0.309. The minimum atomic E-state index is -1.41. The van der Waals surface area contributed by atoms with Gasteiger partial charge >= 0.3 is 5.97 Å². The molecule has 0 unspecified atom stereocenters. The molecule has 0 spiro atoms. The van der Waals surface area contributed by atoms with Crippen LogP contribution in [0, 0.1) is 5.41 Å². The summed E-state index contributed by atoms with van der Waals surface area (Å²) in [5.41, 5.74) is 0.199. The predicted octanol–water partition coefficient (Wildman–Crippen LogP) is 3.73. The lowest BCUT2D eigenvalue weighted by atomic mass is 9.67. The van der Waals surface area contributed by atoms with Crippen molar-refractivity contribution in [3.63, 3.8) is 0 Å². The summed E-state index contributed by atoms with van der Waals surface area (Å²) in [6.07, 6.45) is 3.40.